The maximum atomic E-state index is 13.0. The van der Waals surface area contributed by atoms with Gasteiger partial charge in [0.2, 0.25) is 5.91 Å². The number of nitrogens with zero attached hydrogens (tertiary/aromatic N) is 3. The normalized spacial score (nSPS) is 12.3. The molecule has 1 aliphatic heterocycles. The molecule has 1 aromatic heterocycles. The van der Waals surface area contributed by atoms with Crippen molar-refractivity contribution < 1.29 is 14.5 Å². The van der Waals surface area contributed by atoms with Crippen molar-refractivity contribution in [1.29, 1.82) is 0 Å². The molecule has 0 saturated heterocycles. The number of carbonyl (C=O) groups is 2. The van der Waals surface area contributed by atoms with Gasteiger partial charge in [-0.15, -0.1) is 0 Å². The van der Waals surface area contributed by atoms with Crippen molar-refractivity contribution in [2.24, 2.45) is 0 Å². The molecule has 2 amide bonds. The number of anilines is 1. The summed E-state index contributed by atoms with van der Waals surface area (Å²) in [5, 5.41) is 21.4. The molecule has 2 heterocycles. The van der Waals surface area contributed by atoms with Crippen LogP contribution in [0.25, 0.3) is 0 Å². The van der Waals surface area contributed by atoms with E-state index < -0.39 is 10.8 Å². The number of fused-ring (bicyclic) bond motifs is 1. The fourth-order valence-electron chi connectivity index (χ4n) is 3.55. The van der Waals surface area contributed by atoms with Crippen LogP contribution in [-0.2, 0) is 29.4 Å². The minimum Gasteiger partial charge on any atom is -0.350 e. The maximum absolute atomic E-state index is 13.0. The smallest absolute Gasteiger partial charge is 0.273 e. The van der Waals surface area contributed by atoms with Gasteiger partial charge in [-0.05, 0) is 18.6 Å². The lowest BCUT2D eigenvalue weighted by Gasteiger charge is -2.12. The molecule has 0 aliphatic carbocycles. The van der Waals surface area contributed by atoms with Gasteiger partial charge in [-0.2, -0.15) is 16.9 Å². The third kappa shape index (κ3) is 4.50. The van der Waals surface area contributed by atoms with Crippen LogP contribution in [0.4, 0.5) is 11.5 Å². The Morgan fingerprint density at radius 2 is 1.94 bits per heavy atom. The zero-order valence-electron chi connectivity index (χ0n) is 17.3. The fourth-order valence-corrected chi connectivity index (χ4v) is 4.59. The predicted molar refractivity (Wildman–Crippen MR) is 121 cm³/mol. The van der Waals surface area contributed by atoms with Crippen molar-refractivity contribution in [3.8, 4) is 0 Å². The number of nitro groups is 1. The van der Waals surface area contributed by atoms with E-state index in [1.54, 1.807) is 24.8 Å². The topological polar surface area (TPSA) is 119 Å². The number of rotatable bonds is 7. The van der Waals surface area contributed by atoms with Crippen molar-refractivity contribution in [3.63, 3.8) is 0 Å². The molecule has 0 radical (unpaired) electrons. The highest BCUT2D eigenvalue weighted by atomic mass is 32.2. The quantitative estimate of drug-likeness (QED) is 0.420. The number of benzene rings is 2. The molecule has 1 aliphatic rings. The molecule has 32 heavy (non-hydrogen) atoms. The van der Waals surface area contributed by atoms with Crippen molar-refractivity contribution in [3.05, 3.63) is 86.6 Å². The van der Waals surface area contributed by atoms with E-state index in [9.17, 15) is 19.7 Å². The van der Waals surface area contributed by atoms with Gasteiger partial charge in [0.15, 0.2) is 0 Å². The Morgan fingerprint density at radius 1 is 1.16 bits per heavy atom. The molecule has 2 aromatic carbocycles. The summed E-state index contributed by atoms with van der Waals surface area (Å²) < 4.78 is 1.50. The number of amides is 2. The molecule has 2 N–H and O–H groups in total. The van der Waals surface area contributed by atoms with Crippen LogP contribution >= 0.6 is 11.8 Å². The van der Waals surface area contributed by atoms with Crippen molar-refractivity contribution in [2.75, 3.05) is 5.32 Å². The van der Waals surface area contributed by atoms with Crippen LogP contribution < -0.4 is 10.6 Å². The van der Waals surface area contributed by atoms with Gasteiger partial charge in [0.1, 0.15) is 12.4 Å². The predicted octanol–water partition coefficient (Wildman–Crippen LogP) is 3.42. The van der Waals surface area contributed by atoms with Crippen LogP contribution in [-0.4, -0.2) is 26.5 Å². The minimum atomic E-state index is -0.512. The Kier molecular flexibility index (Phi) is 6.22. The number of hydrogen-bond acceptors (Lipinski definition) is 6. The Hall–Kier alpha value is -3.66. The van der Waals surface area contributed by atoms with E-state index in [-0.39, 0.29) is 29.3 Å². The summed E-state index contributed by atoms with van der Waals surface area (Å²) in [6.45, 7) is 1.89. The van der Waals surface area contributed by atoms with E-state index in [2.05, 4.69) is 15.7 Å². The monoisotopic (exact) mass is 451 g/mol. The van der Waals surface area contributed by atoms with Gasteiger partial charge in [0, 0.05) is 40.8 Å². The van der Waals surface area contributed by atoms with Crippen molar-refractivity contribution in [1.82, 2.24) is 15.1 Å². The van der Waals surface area contributed by atoms with E-state index in [1.165, 1.54) is 16.8 Å². The number of hydrogen-bond donors (Lipinski definition) is 2. The lowest BCUT2D eigenvalue weighted by molar-refractivity contribution is -0.385. The molecular weight excluding hydrogens is 430 g/mol. The molecular formula is C22H21N5O4S. The van der Waals surface area contributed by atoms with Gasteiger partial charge in [0.25, 0.3) is 11.6 Å². The number of aromatic nitrogens is 2. The molecule has 0 spiro atoms. The summed E-state index contributed by atoms with van der Waals surface area (Å²) in [4.78, 5) is 36.2. The average molecular weight is 452 g/mol. The number of nitro benzene ring substituents is 1. The second-order valence-corrected chi connectivity index (χ2v) is 8.33. The van der Waals surface area contributed by atoms with Gasteiger partial charge in [-0.1, -0.05) is 36.4 Å². The molecule has 3 aromatic rings. The lowest BCUT2D eigenvalue weighted by Crippen LogP contribution is -2.29. The van der Waals surface area contributed by atoms with Gasteiger partial charge in [0.05, 0.1) is 10.6 Å². The van der Waals surface area contributed by atoms with Gasteiger partial charge < -0.3 is 10.6 Å². The summed E-state index contributed by atoms with van der Waals surface area (Å²) in [5.41, 5.74) is 3.06. The zero-order chi connectivity index (χ0) is 22.7. The Labute approximate surface area is 188 Å². The highest BCUT2D eigenvalue weighted by Gasteiger charge is 2.26. The molecule has 0 saturated carbocycles. The highest BCUT2D eigenvalue weighted by Crippen LogP contribution is 2.35. The third-order valence-electron chi connectivity index (χ3n) is 5.22. The van der Waals surface area contributed by atoms with Crippen LogP contribution in [0.15, 0.2) is 48.5 Å². The Balaban J connectivity index is 1.53. The first kappa shape index (κ1) is 21.6. The van der Waals surface area contributed by atoms with Crippen molar-refractivity contribution >= 4 is 35.1 Å². The van der Waals surface area contributed by atoms with Crippen LogP contribution in [0.3, 0.4) is 0 Å². The number of carbonyl (C=O) groups excluding carboxylic acids is 2. The maximum Gasteiger partial charge on any atom is 0.273 e. The summed E-state index contributed by atoms with van der Waals surface area (Å²) in [7, 11) is 0. The van der Waals surface area contributed by atoms with E-state index in [0.717, 1.165) is 16.8 Å². The van der Waals surface area contributed by atoms with Crippen LogP contribution in [0.5, 0.6) is 0 Å². The standard InChI is InChI=1S/C22H21N5O4S/c1-14-16(8-5-9-19(14)27(30)31)22(29)24-21-17-12-32-13-18(17)25-26(21)11-20(28)23-10-15-6-3-2-4-7-15/h2-9H,10-13H2,1H3,(H,23,28)(H,24,29). The fraction of sp³-hybridized carbons (Fsp3) is 0.227. The summed E-state index contributed by atoms with van der Waals surface area (Å²) in [6.07, 6.45) is 0. The number of nitrogens with one attached hydrogen (secondary N) is 2. The Morgan fingerprint density at radius 3 is 2.69 bits per heavy atom. The Bertz CT molecular complexity index is 1190. The summed E-state index contributed by atoms with van der Waals surface area (Å²) >= 11 is 1.67. The molecule has 9 nitrogen and oxygen atoms in total. The largest absolute Gasteiger partial charge is 0.350 e. The molecule has 0 bridgehead atoms. The van der Waals surface area contributed by atoms with Crippen LogP contribution in [0.1, 0.15) is 32.7 Å². The molecule has 10 heteroatoms. The van der Waals surface area contributed by atoms with Gasteiger partial charge >= 0.3 is 0 Å². The van der Waals surface area contributed by atoms with Crippen molar-refractivity contribution in [2.45, 2.75) is 31.5 Å². The van der Waals surface area contributed by atoms with Gasteiger partial charge in [-0.25, -0.2) is 4.68 Å². The molecule has 0 fully saturated rings. The second kappa shape index (κ2) is 9.23. The molecule has 0 unspecified atom stereocenters. The second-order valence-electron chi connectivity index (χ2n) is 7.35. The number of thioether (sulfide) groups is 1. The van der Waals surface area contributed by atoms with E-state index >= 15 is 0 Å². The first-order valence-corrected chi connectivity index (χ1v) is 11.1. The van der Waals surface area contributed by atoms with E-state index in [0.29, 0.717) is 23.9 Å². The van der Waals surface area contributed by atoms with Crippen LogP contribution in [0, 0.1) is 17.0 Å². The summed E-state index contributed by atoms with van der Waals surface area (Å²) in [6, 6.07) is 13.9. The first-order valence-electron chi connectivity index (χ1n) is 9.96. The average Bonchev–Trinajstić information content (AvgIpc) is 3.35. The van der Waals surface area contributed by atoms with Crippen LogP contribution in [0.2, 0.25) is 0 Å². The molecule has 4 rings (SSSR count). The zero-order valence-corrected chi connectivity index (χ0v) is 18.1. The minimum absolute atomic E-state index is 0.0476. The SMILES string of the molecule is Cc1c(C(=O)Nc2c3c(nn2CC(=O)NCc2ccccc2)CSC3)cccc1[N+](=O)[O-]. The van der Waals surface area contributed by atoms with E-state index in [1.807, 2.05) is 30.3 Å². The molecule has 164 valence electrons. The molecule has 0 atom stereocenters. The highest BCUT2D eigenvalue weighted by molar-refractivity contribution is 7.98. The lowest BCUT2D eigenvalue weighted by atomic mass is 10.1. The van der Waals surface area contributed by atoms with E-state index in [4.69, 9.17) is 0 Å². The third-order valence-corrected chi connectivity index (χ3v) is 6.19. The summed E-state index contributed by atoms with van der Waals surface area (Å²) in [5.74, 6) is 1.12. The first-order chi connectivity index (χ1) is 15.4. The van der Waals surface area contributed by atoms with Gasteiger partial charge in [-0.3, -0.25) is 19.7 Å².